The van der Waals surface area contributed by atoms with Gasteiger partial charge in [0.15, 0.2) is 6.10 Å². The number of benzene rings is 1. The minimum atomic E-state index is -0.855. The van der Waals surface area contributed by atoms with Crippen molar-refractivity contribution in [3.63, 3.8) is 0 Å². The van der Waals surface area contributed by atoms with Gasteiger partial charge in [-0.2, -0.15) is 0 Å². The van der Waals surface area contributed by atoms with Crippen LogP contribution >= 0.6 is 0 Å². The lowest BCUT2D eigenvalue weighted by molar-refractivity contribution is -0.163. The summed E-state index contributed by atoms with van der Waals surface area (Å²) in [6, 6.07) is 8.18. The van der Waals surface area contributed by atoms with Gasteiger partial charge in [0.25, 0.3) is 5.91 Å². The Morgan fingerprint density at radius 1 is 1.15 bits per heavy atom. The first-order valence-electron chi connectivity index (χ1n) is 9.50. The second-order valence-electron chi connectivity index (χ2n) is 7.21. The quantitative estimate of drug-likeness (QED) is 0.857. The molecule has 0 aliphatic carbocycles. The number of likely N-dealkylation sites (tertiary alicyclic amines) is 1. The molecule has 27 heavy (non-hydrogen) atoms. The highest BCUT2D eigenvalue weighted by atomic mass is 16.5. The summed E-state index contributed by atoms with van der Waals surface area (Å²) in [4.78, 5) is 40.9. The molecule has 7 heteroatoms. The van der Waals surface area contributed by atoms with Crippen LogP contribution < -0.4 is 5.32 Å². The first kappa shape index (κ1) is 19.4. The van der Waals surface area contributed by atoms with Crippen LogP contribution in [0.2, 0.25) is 0 Å². The molecule has 7 nitrogen and oxygen atoms in total. The van der Waals surface area contributed by atoms with Crippen LogP contribution in [0.3, 0.4) is 0 Å². The van der Waals surface area contributed by atoms with Crippen LogP contribution in [0, 0.1) is 0 Å². The zero-order valence-corrected chi connectivity index (χ0v) is 15.9. The van der Waals surface area contributed by atoms with Gasteiger partial charge in [-0.3, -0.25) is 14.4 Å². The molecule has 2 heterocycles. The number of hydrogen-bond acceptors (Lipinski definition) is 4. The van der Waals surface area contributed by atoms with Crippen molar-refractivity contribution < 1.29 is 19.1 Å². The van der Waals surface area contributed by atoms with Gasteiger partial charge in [0.05, 0.1) is 6.04 Å². The molecule has 0 bridgehead atoms. The molecule has 3 atom stereocenters. The number of rotatable bonds is 4. The van der Waals surface area contributed by atoms with E-state index in [1.54, 1.807) is 23.8 Å². The Hall–Kier alpha value is -2.41. The third-order valence-corrected chi connectivity index (χ3v) is 5.28. The highest BCUT2D eigenvalue weighted by Crippen LogP contribution is 2.29. The number of carbonyl (C=O) groups is 3. The van der Waals surface area contributed by atoms with Crippen molar-refractivity contribution >= 4 is 17.7 Å². The second-order valence-corrected chi connectivity index (χ2v) is 7.21. The molecule has 0 aromatic heterocycles. The average Bonchev–Trinajstić information content (AvgIpc) is 2.70. The van der Waals surface area contributed by atoms with Gasteiger partial charge in [0.1, 0.15) is 12.6 Å². The van der Waals surface area contributed by atoms with Crippen molar-refractivity contribution in [3.05, 3.63) is 35.9 Å². The highest BCUT2D eigenvalue weighted by molar-refractivity contribution is 5.91. The van der Waals surface area contributed by atoms with Gasteiger partial charge in [-0.05, 0) is 31.7 Å². The van der Waals surface area contributed by atoms with Gasteiger partial charge in [-0.15, -0.1) is 0 Å². The molecule has 2 saturated heterocycles. The number of amides is 3. The molecule has 0 spiro atoms. The van der Waals surface area contributed by atoms with E-state index in [1.165, 1.54) is 0 Å². The summed E-state index contributed by atoms with van der Waals surface area (Å²) >= 11 is 0. The molecule has 2 aliphatic heterocycles. The van der Waals surface area contributed by atoms with E-state index in [4.69, 9.17) is 4.74 Å². The third kappa shape index (κ3) is 4.30. The SMILES string of the molecule is CC(NC(=O)C1OCC(=O)N(C)C1c1ccccc1)C(=O)N1CCCCC1. The van der Waals surface area contributed by atoms with E-state index in [1.807, 2.05) is 30.3 Å². The second kappa shape index (κ2) is 8.52. The maximum atomic E-state index is 12.9. The fourth-order valence-electron chi connectivity index (χ4n) is 3.73. The summed E-state index contributed by atoms with van der Waals surface area (Å²) in [6.07, 6.45) is 2.29. The predicted octanol–water partition coefficient (Wildman–Crippen LogP) is 1.10. The molecule has 1 N–H and O–H groups in total. The number of hydrogen-bond donors (Lipinski definition) is 1. The summed E-state index contributed by atoms with van der Waals surface area (Å²) in [6.45, 7) is 3.03. The number of nitrogens with one attached hydrogen (secondary N) is 1. The Morgan fingerprint density at radius 3 is 2.48 bits per heavy atom. The van der Waals surface area contributed by atoms with Crippen molar-refractivity contribution in [2.75, 3.05) is 26.7 Å². The van der Waals surface area contributed by atoms with Gasteiger partial charge < -0.3 is 19.9 Å². The monoisotopic (exact) mass is 373 g/mol. The molecule has 2 fully saturated rings. The normalized spacial score (nSPS) is 24.4. The number of ether oxygens (including phenoxy) is 1. The lowest BCUT2D eigenvalue weighted by Gasteiger charge is -2.38. The largest absolute Gasteiger partial charge is 0.356 e. The molecule has 0 saturated carbocycles. The lowest BCUT2D eigenvalue weighted by atomic mass is 9.97. The van der Waals surface area contributed by atoms with Crippen LogP contribution in [0.1, 0.15) is 37.8 Å². The highest BCUT2D eigenvalue weighted by Gasteiger charge is 2.40. The van der Waals surface area contributed by atoms with E-state index in [9.17, 15) is 14.4 Å². The topological polar surface area (TPSA) is 79.0 Å². The lowest BCUT2D eigenvalue weighted by Crippen LogP contribution is -2.56. The summed E-state index contributed by atoms with van der Waals surface area (Å²) < 4.78 is 5.59. The molecule has 1 aromatic carbocycles. The predicted molar refractivity (Wildman–Crippen MR) is 99.7 cm³/mol. The zero-order chi connectivity index (χ0) is 19.4. The molecule has 3 rings (SSSR count). The molecule has 1 aromatic rings. The molecular weight excluding hydrogens is 346 g/mol. The number of nitrogens with zero attached hydrogens (tertiary/aromatic N) is 2. The van der Waals surface area contributed by atoms with Gasteiger partial charge in [-0.1, -0.05) is 30.3 Å². The summed E-state index contributed by atoms with van der Waals surface area (Å²) in [5, 5.41) is 2.79. The molecule has 146 valence electrons. The molecular formula is C20H27N3O4. The van der Waals surface area contributed by atoms with E-state index in [2.05, 4.69) is 5.32 Å². The van der Waals surface area contributed by atoms with Crippen molar-refractivity contribution in [2.45, 2.75) is 44.4 Å². The van der Waals surface area contributed by atoms with E-state index < -0.39 is 18.2 Å². The maximum Gasteiger partial charge on any atom is 0.252 e. The molecule has 2 aliphatic rings. The number of piperidine rings is 1. The van der Waals surface area contributed by atoms with E-state index in [0.29, 0.717) is 0 Å². The van der Waals surface area contributed by atoms with Crippen LogP contribution in [0.25, 0.3) is 0 Å². The van der Waals surface area contributed by atoms with Crippen LogP contribution in [-0.2, 0) is 19.1 Å². The first-order chi connectivity index (χ1) is 13.0. The van der Waals surface area contributed by atoms with Crippen LogP contribution in [0.15, 0.2) is 30.3 Å². The molecule has 3 unspecified atom stereocenters. The fraction of sp³-hybridized carbons (Fsp3) is 0.550. The average molecular weight is 373 g/mol. The Balaban J connectivity index is 1.71. The van der Waals surface area contributed by atoms with Crippen molar-refractivity contribution in [1.29, 1.82) is 0 Å². The Kier molecular flexibility index (Phi) is 6.11. The van der Waals surface area contributed by atoms with E-state index in [-0.39, 0.29) is 24.3 Å². The summed E-state index contributed by atoms with van der Waals surface area (Å²) in [5.74, 6) is -0.619. The maximum absolute atomic E-state index is 12.9. The Morgan fingerprint density at radius 2 is 1.81 bits per heavy atom. The Bertz CT molecular complexity index is 688. The van der Waals surface area contributed by atoms with Gasteiger partial charge in [0, 0.05) is 20.1 Å². The zero-order valence-electron chi connectivity index (χ0n) is 15.9. The summed E-state index contributed by atoms with van der Waals surface area (Å²) in [7, 11) is 1.67. The Labute approximate surface area is 159 Å². The summed E-state index contributed by atoms with van der Waals surface area (Å²) in [5.41, 5.74) is 0.822. The molecule has 0 radical (unpaired) electrons. The smallest absolute Gasteiger partial charge is 0.252 e. The number of morpholine rings is 1. The standard InChI is InChI=1S/C20H27N3O4/c1-14(20(26)23-11-7-4-8-12-23)21-19(25)18-17(15-9-5-3-6-10-15)22(2)16(24)13-27-18/h3,5-6,9-10,14,17-18H,4,7-8,11-13H2,1-2H3,(H,21,25). The first-order valence-corrected chi connectivity index (χ1v) is 9.50. The van der Waals surface area contributed by atoms with Gasteiger partial charge in [-0.25, -0.2) is 0 Å². The third-order valence-electron chi connectivity index (χ3n) is 5.28. The van der Waals surface area contributed by atoms with Crippen LogP contribution in [0.5, 0.6) is 0 Å². The van der Waals surface area contributed by atoms with E-state index in [0.717, 1.165) is 37.9 Å². The number of carbonyl (C=O) groups excluding carboxylic acids is 3. The van der Waals surface area contributed by atoms with E-state index >= 15 is 0 Å². The van der Waals surface area contributed by atoms with Crippen molar-refractivity contribution in [1.82, 2.24) is 15.1 Å². The van der Waals surface area contributed by atoms with Crippen molar-refractivity contribution in [3.8, 4) is 0 Å². The number of likely N-dealkylation sites (N-methyl/N-ethyl adjacent to an activating group) is 1. The van der Waals surface area contributed by atoms with Gasteiger partial charge in [0.2, 0.25) is 11.8 Å². The van der Waals surface area contributed by atoms with Crippen LogP contribution in [-0.4, -0.2) is 66.4 Å². The van der Waals surface area contributed by atoms with Crippen LogP contribution in [0.4, 0.5) is 0 Å². The molecule has 3 amide bonds. The fourth-order valence-corrected chi connectivity index (χ4v) is 3.73. The minimum absolute atomic E-state index is 0.0699. The van der Waals surface area contributed by atoms with Gasteiger partial charge >= 0.3 is 0 Å². The minimum Gasteiger partial charge on any atom is -0.356 e. The van der Waals surface area contributed by atoms with Crippen molar-refractivity contribution in [2.24, 2.45) is 0 Å².